The summed E-state index contributed by atoms with van der Waals surface area (Å²) < 4.78 is 11.0. The first kappa shape index (κ1) is 25.2. The molecule has 0 bridgehead atoms. The summed E-state index contributed by atoms with van der Waals surface area (Å²) in [6, 6.07) is 10.8. The lowest BCUT2D eigenvalue weighted by Crippen LogP contribution is -2.47. The Morgan fingerprint density at radius 3 is 1.97 bits per heavy atom. The van der Waals surface area contributed by atoms with E-state index < -0.39 is 27.6 Å². The van der Waals surface area contributed by atoms with Crippen molar-refractivity contribution in [2.75, 3.05) is 36.0 Å². The topological polar surface area (TPSA) is 145 Å². The molecule has 2 heterocycles. The molecule has 0 atom stereocenters. The van der Waals surface area contributed by atoms with Crippen LogP contribution in [-0.2, 0) is 19.1 Å². The van der Waals surface area contributed by atoms with Crippen LogP contribution in [0.4, 0.5) is 22.7 Å². The van der Waals surface area contributed by atoms with Gasteiger partial charge in [-0.05, 0) is 42.7 Å². The zero-order chi connectivity index (χ0) is 26.9. The van der Waals surface area contributed by atoms with Gasteiger partial charge in [0.25, 0.3) is 17.2 Å². The zero-order valence-electron chi connectivity index (χ0n) is 20.5. The number of nitrogens with zero attached hydrogens (tertiary/aromatic N) is 4. The molecule has 3 fully saturated rings. The van der Waals surface area contributed by atoms with Crippen molar-refractivity contribution in [1.29, 1.82) is 0 Å². The van der Waals surface area contributed by atoms with Crippen LogP contribution in [0.1, 0.15) is 37.7 Å². The quantitative estimate of drug-likeness (QED) is 0.186. The number of ether oxygens (including phenoxy) is 2. The van der Waals surface area contributed by atoms with E-state index in [9.17, 15) is 29.8 Å². The van der Waals surface area contributed by atoms with E-state index in [-0.39, 0.29) is 16.9 Å². The molecule has 0 N–H and O–H groups in total. The van der Waals surface area contributed by atoms with Crippen molar-refractivity contribution >= 4 is 40.8 Å². The number of hydrogen-bond donors (Lipinski definition) is 0. The minimum absolute atomic E-state index is 0.0151. The predicted octanol–water partition coefficient (Wildman–Crippen LogP) is 3.97. The smallest absolute Gasteiger partial charge is 0.348 e. The molecule has 1 saturated carbocycles. The van der Waals surface area contributed by atoms with Gasteiger partial charge in [-0.2, -0.15) is 0 Å². The van der Waals surface area contributed by atoms with Crippen LogP contribution in [0.25, 0.3) is 6.08 Å². The van der Waals surface area contributed by atoms with Gasteiger partial charge in [0.05, 0.1) is 9.85 Å². The predicted molar refractivity (Wildman–Crippen MR) is 137 cm³/mol. The van der Waals surface area contributed by atoms with Crippen molar-refractivity contribution in [3.63, 3.8) is 0 Å². The molecule has 1 spiro atoms. The normalized spacial score (nSPS) is 19.1. The van der Waals surface area contributed by atoms with E-state index in [1.165, 1.54) is 24.3 Å². The lowest BCUT2D eigenvalue weighted by Gasteiger charge is -2.38. The molecule has 2 aromatic carbocycles. The van der Waals surface area contributed by atoms with Gasteiger partial charge >= 0.3 is 11.9 Å². The van der Waals surface area contributed by atoms with Gasteiger partial charge in [-0.1, -0.05) is 12.5 Å². The molecule has 0 radical (unpaired) electrons. The van der Waals surface area contributed by atoms with Crippen molar-refractivity contribution in [3.05, 3.63) is 73.8 Å². The highest BCUT2D eigenvalue weighted by Crippen LogP contribution is 2.38. The first-order chi connectivity index (χ1) is 18.2. The minimum atomic E-state index is -1.20. The maximum absolute atomic E-state index is 12.6. The second-order valence-electron chi connectivity index (χ2n) is 9.56. The lowest BCUT2D eigenvalue weighted by molar-refractivity contribution is -0.384. The van der Waals surface area contributed by atoms with Crippen LogP contribution in [0, 0.1) is 20.2 Å². The Kier molecular flexibility index (Phi) is 6.70. The van der Waals surface area contributed by atoms with E-state index in [1.54, 1.807) is 24.3 Å². The zero-order valence-corrected chi connectivity index (χ0v) is 20.5. The van der Waals surface area contributed by atoms with Crippen LogP contribution < -0.4 is 9.80 Å². The summed E-state index contributed by atoms with van der Waals surface area (Å²) in [4.78, 5) is 51.1. The highest BCUT2D eigenvalue weighted by Gasteiger charge is 2.46. The molecule has 1 aliphatic carbocycles. The SMILES string of the molecule is O=C1OC2(CCCCC2)OC(=O)C1=Cc1ccc(N2CCN(c3ccc([N+](=O)[O-])cc3)CC2)c([N+](=O)[O-])c1. The average molecular weight is 523 g/mol. The van der Waals surface area contributed by atoms with Crippen LogP contribution in [0.15, 0.2) is 48.0 Å². The van der Waals surface area contributed by atoms with Gasteiger partial charge < -0.3 is 19.3 Å². The first-order valence-corrected chi connectivity index (χ1v) is 12.5. The van der Waals surface area contributed by atoms with E-state index >= 15 is 0 Å². The molecule has 5 rings (SSSR count). The standard InChI is InChI=1S/C26H26N4O8/c31-24-21(25(32)38-26(37-24)10-2-1-3-11-26)16-18-4-9-22(23(17-18)30(35)36)28-14-12-27(13-15-28)19-5-7-20(8-6-19)29(33)34/h4-9,16-17H,1-3,10-15H2. The van der Waals surface area contributed by atoms with Gasteiger partial charge in [0, 0.05) is 62.9 Å². The van der Waals surface area contributed by atoms with Gasteiger partial charge in [0.2, 0.25) is 0 Å². The third kappa shape index (κ3) is 5.01. The number of piperazine rings is 1. The van der Waals surface area contributed by atoms with E-state index in [0.717, 1.165) is 24.9 Å². The van der Waals surface area contributed by atoms with Crippen molar-refractivity contribution < 1.29 is 28.9 Å². The number of carbonyl (C=O) groups excluding carboxylic acids is 2. The van der Waals surface area contributed by atoms with Gasteiger partial charge in [-0.25, -0.2) is 9.59 Å². The molecule has 2 aromatic rings. The van der Waals surface area contributed by atoms with E-state index in [0.29, 0.717) is 50.3 Å². The van der Waals surface area contributed by atoms with Crippen molar-refractivity contribution in [2.24, 2.45) is 0 Å². The van der Waals surface area contributed by atoms with Crippen molar-refractivity contribution in [1.82, 2.24) is 0 Å². The summed E-state index contributed by atoms with van der Waals surface area (Å²) in [5.41, 5.74) is 1.16. The molecule has 0 unspecified atom stereocenters. The van der Waals surface area contributed by atoms with Crippen LogP contribution in [0.5, 0.6) is 0 Å². The third-order valence-corrected chi connectivity index (χ3v) is 7.17. The molecule has 0 aromatic heterocycles. The van der Waals surface area contributed by atoms with Crippen molar-refractivity contribution in [2.45, 2.75) is 37.9 Å². The Bertz CT molecular complexity index is 1290. The number of nitro groups is 2. The molecule has 0 amide bonds. The maximum atomic E-state index is 12.6. The highest BCUT2D eigenvalue weighted by atomic mass is 16.7. The molecule has 3 aliphatic rings. The van der Waals surface area contributed by atoms with E-state index in [1.807, 2.05) is 4.90 Å². The van der Waals surface area contributed by atoms with Crippen LogP contribution in [0.3, 0.4) is 0 Å². The Balaban J connectivity index is 1.30. The molecule has 198 valence electrons. The second kappa shape index (κ2) is 10.1. The number of carbonyl (C=O) groups is 2. The maximum Gasteiger partial charge on any atom is 0.348 e. The Morgan fingerprint density at radius 2 is 1.39 bits per heavy atom. The summed E-state index contributed by atoms with van der Waals surface area (Å²) >= 11 is 0. The summed E-state index contributed by atoms with van der Waals surface area (Å²) in [7, 11) is 0. The van der Waals surface area contributed by atoms with E-state index in [4.69, 9.17) is 9.47 Å². The summed E-state index contributed by atoms with van der Waals surface area (Å²) in [6.45, 7) is 2.14. The highest BCUT2D eigenvalue weighted by molar-refractivity contribution is 6.19. The largest absolute Gasteiger partial charge is 0.419 e. The minimum Gasteiger partial charge on any atom is -0.419 e. The fourth-order valence-corrected chi connectivity index (χ4v) is 5.17. The van der Waals surface area contributed by atoms with Crippen LogP contribution in [0.2, 0.25) is 0 Å². The molecule has 2 saturated heterocycles. The van der Waals surface area contributed by atoms with Gasteiger partial charge in [0.1, 0.15) is 11.3 Å². The number of rotatable bonds is 5. The third-order valence-electron chi connectivity index (χ3n) is 7.17. The molecular weight excluding hydrogens is 496 g/mol. The van der Waals surface area contributed by atoms with Gasteiger partial charge in [-0.3, -0.25) is 20.2 Å². The second-order valence-corrected chi connectivity index (χ2v) is 9.56. The van der Waals surface area contributed by atoms with Gasteiger partial charge in [0.15, 0.2) is 0 Å². The monoisotopic (exact) mass is 522 g/mol. The fraction of sp³-hybridized carbons (Fsp3) is 0.385. The number of non-ortho nitro benzene ring substituents is 1. The van der Waals surface area contributed by atoms with Gasteiger partial charge in [-0.15, -0.1) is 0 Å². The fourth-order valence-electron chi connectivity index (χ4n) is 5.17. The Labute approximate surface area is 217 Å². The van der Waals surface area contributed by atoms with Crippen LogP contribution in [-0.4, -0.2) is 53.8 Å². The van der Waals surface area contributed by atoms with E-state index in [2.05, 4.69) is 4.90 Å². The molecule has 12 nitrogen and oxygen atoms in total. The lowest BCUT2D eigenvalue weighted by atomic mass is 9.93. The Morgan fingerprint density at radius 1 is 0.789 bits per heavy atom. The number of nitro benzene ring substituents is 2. The summed E-state index contributed by atoms with van der Waals surface area (Å²) in [5.74, 6) is -2.76. The molecular formula is C26H26N4O8. The summed E-state index contributed by atoms with van der Waals surface area (Å²) in [5, 5.41) is 22.8. The first-order valence-electron chi connectivity index (χ1n) is 12.5. The number of anilines is 2. The number of hydrogen-bond acceptors (Lipinski definition) is 10. The molecule has 2 aliphatic heterocycles. The number of benzene rings is 2. The van der Waals surface area contributed by atoms with Crippen LogP contribution >= 0.6 is 0 Å². The number of esters is 2. The van der Waals surface area contributed by atoms with Crippen molar-refractivity contribution in [3.8, 4) is 0 Å². The Hall–Kier alpha value is -4.48. The molecule has 38 heavy (non-hydrogen) atoms. The summed E-state index contributed by atoms with van der Waals surface area (Å²) in [6.07, 6.45) is 4.79. The molecule has 12 heteroatoms. The average Bonchev–Trinajstić information content (AvgIpc) is 2.91.